The van der Waals surface area contributed by atoms with Crippen LogP contribution in [0.25, 0.3) is 11.3 Å². The van der Waals surface area contributed by atoms with Crippen LogP contribution >= 0.6 is 23.2 Å². The van der Waals surface area contributed by atoms with E-state index in [4.69, 9.17) is 32.9 Å². The standard InChI is InChI=1S/C30H33Cl2N5O3/c1-35-8-10-37(11-9-35)27-3-2-23(17-33-27)40-28-13-19(12-26(34-28)20-14-21(31)16-22(32)15-20)18-36-6-4-24-25(5-7-36)29(24)30(38)39/h2-3,12-17,24-25,29H,4-11,18H2,1H3,(H,38,39)/t24-,25+,29?. The van der Waals surface area contributed by atoms with Gasteiger partial charge in [-0.1, -0.05) is 23.2 Å². The largest absolute Gasteiger partial charge is 0.481 e. The molecule has 3 aromatic rings. The van der Waals surface area contributed by atoms with Crippen LogP contribution < -0.4 is 9.64 Å². The highest BCUT2D eigenvalue weighted by atomic mass is 35.5. The quantitative estimate of drug-likeness (QED) is 0.389. The Labute approximate surface area is 244 Å². The molecule has 1 unspecified atom stereocenters. The second kappa shape index (κ2) is 11.5. The van der Waals surface area contributed by atoms with Crippen molar-refractivity contribution in [2.75, 3.05) is 51.2 Å². The Morgan fingerprint density at radius 3 is 2.30 bits per heavy atom. The van der Waals surface area contributed by atoms with Gasteiger partial charge in [0.05, 0.1) is 17.8 Å². The Bertz CT molecular complexity index is 1350. The molecule has 1 aliphatic carbocycles. The summed E-state index contributed by atoms with van der Waals surface area (Å²) in [6, 6.07) is 13.3. The molecule has 3 fully saturated rings. The molecule has 10 heteroatoms. The SMILES string of the molecule is CN1CCN(c2ccc(Oc3cc(CN4CC[C@@H]5C(C(=O)O)[C@@H]5CC4)cc(-c4cc(Cl)cc(Cl)c4)n3)cn2)CC1. The van der Waals surface area contributed by atoms with Crippen molar-refractivity contribution in [3.05, 3.63) is 64.3 Å². The number of hydrogen-bond acceptors (Lipinski definition) is 7. The van der Waals surface area contributed by atoms with Gasteiger partial charge in [0.1, 0.15) is 11.6 Å². The summed E-state index contributed by atoms with van der Waals surface area (Å²) < 4.78 is 6.23. The topological polar surface area (TPSA) is 82.0 Å². The van der Waals surface area contributed by atoms with Crippen LogP contribution in [0.4, 0.5) is 5.82 Å². The number of carboxylic acid groups (broad SMARTS) is 1. The van der Waals surface area contributed by atoms with Crippen LogP contribution in [0.3, 0.4) is 0 Å². The number of aromatic nitrogens is 2. The van der Waals surface area contributed by atoms with Gasteiger partial charge in [0.15, 0.2) is 0 Å². The molecule has 40 heavy (non-hydrogen) atoms. The van der Waals surface area contributed by atoms with Crippen LogP contribution in [0.5, 0.6) is 11.6 Å². The smallest absolute Gasteiger partial charge is 0.307 e. The maximum absolute atomic E-state index is 11.5. The Hall–Kier alpha value is -2.91. The minimum Gasteiger partial charge on any atom is -0.481 e. The molecule has 3 aliphatic rings. The highest BCUT2D eigenvalue weighted by Gasteiger charge is 2.54. The third kappa shape index (κ3) is 6.20. The summed E-state index contributed by atoms with van der Waals surface area (Å²) in [7, 11) is 2.14. The number of aliphatic carboxylic acids is 1. The lowest BCUT2D eigenvalue weighted by Gasteiger charge is -2.33. The van der Waals surface area contributed by atoms with E-state index < -0.39 is 5.97 Å². The zero-order chi connectivity index (χ0) is 27.8. The van der Waals surface area contributed by atoms with Gasteiger partial charge in [-0.15, -0.1) is 0 Å². The number of nitrogens with zero attached hydrogens (tertiary/aromatic N) is 5. The maximum atomic E-state index is 11.5. The molecule has 0 radical (unpaired) electrons. The average molecular weight is 583 g/mol. The van der Waals surface area contributed by atoms with Crippen LogP contribution in [0.1, 0.15) is 18.4 Å². The van der Waals surface area contributed by atoms with Crippen molar-refractivity contribution in [3.63, 3.8) is 0 Å². The molecule has 2 aromatic heterocycles. The molecule has 0 bridgehead atoms. The molecule has 6 rings (SSSR count). The molecule has 4 heterocycles. The van der Waals surface area contributed by atoms with E-state index in [0.717, 1.165) is 81.3 Å². The Morgan fingerprint density at radius 1 is 0.975 bits per heavy atom. The molecule has 3 atom stereocenters. The molecule has 8 nitrogen and oxygen atoms in total. The van der Waals surface area contributed by atoms with E-state index in [1.807, 2.05) is 30.3 Å². The van der Waals surface area contributed by atoms with Crippen molar-refractivity contribution in [1.29, 1.82) is 0 Å². The zero-order valence-corrected chi connectivity index (χ0v) is 24.0. The molecule has 1 N–H and O–H groups in total. The minimum atomic E-state index is -0.643. The van der Waals surface area contributed by atoms with Crippen LogP contribution in [0.15, 0.2) is 48.7 Å². The molecule has 1 aromatic carbocycles. The molecule has 0 amide bonds. The van der Waals surface area contributed by atoms with E-state index in [0.29, 0.717) is 33.5 Å². The maximum Gasteiger partial charge on any atom is 0.307 e. The average Bonchev–Trinajstić information content (AvgIpc) is 3.66. The fourth-order valence-corrected chi connectivity index (χ4v) is 6.64. The van der Waals surface area contributed by atoms with Gasteiger partial charge in [-0.25, -0.2) is 9.97 Å². The lowest BCUT2D eigenvalue weighted by molar-refractivity contribution is -0.139. The Kier molecular flexibility index (Phi) is 7.86. The normalized spacial score (nSPS) is 23.4. The van der Waals surface area contributed by atoms with Crippen molar-refractivity contribution in [2.45, 2.75) is 19.4 Å². The van der Waals surface area contributed by atoms with E-state index >= 15 is 0 Å². The predicted molar refractivity (Wildman–Crippen MR) is 156 cm³/mol. The van der Waals surface area contributed by atoms with Crippen LogP contribution in [-0.2, 0) is 11.3 Å². The number of carboxylic acids is 1. The number of likely N-dealkylation sites (tertiary alicyclic amines) is 1. The van der Waals surface area contributed by atoms with E-state index in [1.54, 1.807) is 12.3 Å². The van der Waals surface area contributed by atoms with E-state index in [2.05, 4.69) is 32.8 Å². The fraction of sp³-hybridized carbons (Fsp3) is 0.433. The Morgan fingerprint density at radius 2 is 1.68 bits per heavy atom. The molecule has 1 saturated carbocycles. The number of pyridine rings is 2. The number of ether oxygens (including phenoxy) is 1. The lowest BCUT2D eigenvalue weighted by atomic mass is 10.1. The van der Waals surface area contributed by atoms with Crippen LogP contribution in [0.2, 0.25) is 10.0 Å². The number of halogens is 2. The monoisotopic (exact) mass is 581 g/mol. The number of carbonyl (C=O) groups is 1. The van der Waals surface area contributed by atoms with E-state index in [9.17, 15) is 9.90 Å². The van der Waals surface area contributed by atoms with Crippen molar-refractivity contribution in [2.24, 2.45) is 17.8 Å². The second-order valence-corrected chi connectivity index (χ2v) is 12.0. The molecule has 0 spiro atoms. The predicted octanol–water partition coefficient (Wildman–Crippen LogP) is 5.54. The van der Waals surface area contributed by atoms with Crippen LogP contribution in [-0.4, -0.2) is 77.2 Å². The molecule has 210 valence electrons. The first-order valence-electron chi connectivity index (χ1n) is 13.8. The summed E-state index contributed by atoms with van der Waals surface area (Å²) >= 11 is 12.6. The van der Waals surface area contributed by atoms with Gasteiger partial charge in [-0.05, 0) is 86.8 Å². The van der Waals surface area contributed by atoms with Gasteiger partial charge in [0.25, 0.3) is 0 Å². The highest BCUT2D eigenvalue weighted by Crippen LogP contribution is 2.52. The van der Waals surface area contributed by atoms with Crippen molar-refractivity contribution in [1.82, 2.24) is 19.8 Å². The lowest BCUT2D eigenvalue weighted by Crippen LogP contribution is -2.44. The van der Waals surface area contributed by atoms with Gasteiger partial charge in [0.2, 0.25) is 5.88 Å². The van der Waals surface area contributed by atoms with Gasteiger partial charge in [-0.3, -0.25) is 9.69 Å². The van der Waals surface area contributed by atoms with Crippen molar-refractivity contribution in [3.8, 4) is 22.9 Å². The zero-order valence-electron chi connectivity index (χ0n) is 22.5. The molecule has 2 aliphatic heterocycles. The minimum absolute atomic E-state index is 0.154. The van der Waals surface area contributed by atoms with Gasteiger partial charge in [-0.2, -0.15) is 0 Å². The van der Waals surface area contributed by atoms with Gasteiger partial charge >= 0.3 is 5.97 Å². The first-order chi connectivity index (χ1) is 19.3. The number of anilines is 1. The summed E-state index contributed by atoms with van der Waals surface area (Å²) in [5, 5.41) is 10.5. The van der Waals surface area contributed by atoms with Crippen molar-refractivity contribution < 1.29 is 14.6 Å². The van der Waals surface area contributed by atoms with Gasteiger partial charge < -0.3 is 19.6 Å². The van der Waals surface area contributed by atoms with Crippen LogP contribution in [0, 0.1) is 17.8 Å². The first kappa shape index (κ1) is 27.3. The number of likely N-dealkylation sites (N-methyl/N-ethyl adjacent to an activating group) is 1. The number of hydrogen-bond donors (Lipinski definition) is 1. The van der Waals surface area contributed by atoms with E-state index in [1.165, 1.54) is 0 Å². The molecular weight excluding hydrogens is 549 g/mol. The number of rotatable bonds is 7. The summed E-state index contributed by atoms with van der Waals surface area (Å²) in [5.41, 5.74) is 2.60. The van der Waals surface area contributed by atoms with E-state index in [-0.39, 0.29) is 5.92 Å². The molecular formula is C30H33Cl2N5O3. The highest BCUT2D eigenvalue weighted by molar-refractivity contribution is 6.35. The first-order valence-corrected chi connectivity index (χ1v) is 14.6. The third-order valence-corrected chi connectivity index (χ3v) is 8.81. The fourth-order valence-electron chi connectivity index (χ4n) is 6.12. The summed E-state index contributed by atoms with van der Waals surface area (Å²) in [6.07, 6.45) is 3.58. The number of piperazine rings is 1. The third-order valence-electron chi connectivity index (χ3n) is 8.37. The van der Waals surface area contributed by atoms with Gasteiger partial charge in [0, 0.05) is 54.4 Å². The Balaban J connectivity index is 1.21. The number of benzene rings is 1. The summed E-state index contributed by atoms with van der Waals surface area (Å²) in [5.74, 6) is 1.86. The summed E-state index contributed by atoms with van der Waals surface area (Å²) in [4.78, 5) is 27.9. The van der Waals surface area contributed by atoms with Crippen molar-refractivity contribution >= 4 is 35.0 Å². The number of fused-ring (bicyclic) bond motifs is 1. The second-order valence-electron chi connectivity index (χ2n) is 11.1. The summed E-state index contributed by atoms with van der Waals surface area (Å²) in [6.45, 7) is 6.41. The molecule has 2 saturated heterocycles.